The van der Waals surface area contributed by atoms with Gasteiger partial charge in [-0.15, -0.1) is 0 Å². The number of rotatable bonds is 8. The minimum atomic E-state index is -0.253. The van der Waals surface area contributed by atoms with Crippen LogP contribution in [0.1, 0.15) is 22.3 Å². The summed E-state index contributed by atoms with van der Waals surface area (Å²) in [5.74, 6) is 0.396. The van der Waals surface area contributed by atoms with E-state index in [1.165, 1.54) is 12.1 Å². The van der Waals surface area contributed by atoms with Crippen molar-refractivity contribution in [3.05, 3.63) is 59.7 Å². The van der Waals surface area contributed by atoms with Crippen molar-refractivity contribution in [2.75, 3.05) is 20.2 Å². The van der Waals surface area contributed by atoms with Gasteiger partial charge in [0.2, 0.25) is 5.91 Å². The topological polar surface area (TPSA) is 87.7 Å². The Morgan fingerprint density at radius 3 is 2.56 bits per heavy atom. The van der Waals surface area contributed by atoms with Crippen molar-refractivity contribution >= 4 is 11.8 Å². The molecule has 6 nitrogen and oxygen atoms in total. The van der Waals surface area contributed by atoms with E-state index < -0.39 is 0 Å². The Morgan fingerprint density at radius 2 is 1.80 bits per heavy atom. The van der Waals surface area contributed by atoms with Gasteiger partial charge in [0.05, 0.1) is 13.5 Å². The molecule has 6 heteroatoms. The van der Waals surface area contributed by atoms with Crippen LogP contribution >= 0.6 is 0 Å². The van der Waals surface area contributed by atoms with E-state index in [9.17, 15) is 14.7 Å². The average Bonchev–Trinajstić information content (AvgIpc) is 2.61. The van der Waals surface area contributed by atoms with Crippen LogP contribution in [0.2, 0.25) is 0 Å². The molecule has 3 N–H and O–H groups in total. The molecule has 25 heavy (non-hydrogen) atoms. The summed E-state index contributed by atoms with van der Waals surface area (Å²) in [5, 5.41) is 14.9. The fourth-order valence-electron chi connectivity index (χ4n) is 2.35. The number of phenolic OH excluding ortho intramolecular Hbond substituents is 1. The van der Waals surface area contributed by atoms with Gasteiger partial charge in [0.1, 0.15) is 11.5 Å². The van der Waals surface area contributed by atoms with Gasteiger partial charge in [-0.3, -0.25) is 9.59 Å². The molecule has 0 heterocycles. The Bertz CT molecular complexity index is 731. The molecule has 0 spiro atoms. The fraction of sp³-hybridized carbons (Fsp3) is 0.263. The lowest BCUT2D eigenvalue weighted by atomic mass is 10.1. The summed E-state index contributed by atoms with van der Waals surface area (Å²) in [6.07, 6.45) is 0.863. The number of carbonyl (C=O) groups excluding carboxylic acids is 2. The third-order valence-corrected chi connectivity index (χ3v) is 3.61. The maximum atomic E-state index is 12.0. The van der Waals surface area contributed by atoms with E-state index in [0.29, 0.717) is 30.8 Å². The van der Waals surface area contributed by atoms with Crippen LogP contribution in [0.25, 0.3) is 0 Å². The van der Waals surface area contributed by atoms with Crippen molar-refractivity contribution in [1.82, 2.24) is 10.6 Å². The van der Waals surface area contributed by atoms with Gasteiger partial charge < -0.3 is 20.5 Å². The molecular weight excluding hydrogens is 320 g/mol. The Hall–Kier alpha value is -3.02. The molecule has 2 aromatic carbocycles. The quantitative estimate of drug-likeness (QED) is 0.639. The monoisotopic (exact) mass is 342 g/mol. The van der Waals surface area contributed by atoms with Crippen LogP contribution in [0, 0.1) is 0 Å². The highest BCUT2D eigenvalue weighted by molar-refractivity contribution is 5.94. The van der Waals surface area contributed by atoms with E-state index in [4.69, 9.17) is 4.74 Å². The minimum Gasteiger partial charge on any atom is -0.508 e. The number of methoxy groups -OCH3 is 1. The summed E-state index contributed by atoms with van der Waals surface area (Å²) in [7, 11) is 1.58. The zero-order chi connectivity index (χ0) is 18.1. The van der Waals surface area contributed by atoms with Crippen molar-refractivity contribution in [2.45, 2.75) is 12.8 Å². The van der Waals surface area contributed by atoms with Crippen molar-refractivity contribution in [3.8, 4) is 11.5 Å². The molecule has 2 rings (SSSR count). The molecular formula is C19H22N2O4. The highest BCUT2D eigenvalue weighted by Gasteiger charge is 2.08. The predicted octanol–water partition coefficient (Wildman–Crippen LogP) is 1.88. The highest BCUT2D eigenvalue weighted by atomic mass is 16.5. The number of amides is 2. The first-order valence-corrected chi connectivity index (χ1v) is 8.06. The standard InChI is InChI=1S/C19H22N2O4/c1-25-17-9-3-2-6-14(17)13-18(23)20-10-5-11-21-19(24)15-7-4-8-16(22)12-15/h2-4,6-9,12,22H,5,10-11,13H2,1H3,(H,20,23)(H,21,24). The Labute approximate surface area is 146 Å². The van der Waals surface area contributed by atoms with Crippen LogP contribution in [0.15, 0.2) is 48.5 Å². The summed E-state index contributed by atoms with van der Waals surface area (Å²) < 4.78 is 5.22. The Balaban J connectivity index is 1.67. The van der Waals surface area contributed by atoms with Gasteiger partial charge >= 0.3 is 0 Å². The van der Waals surface area contributed by atoms with Crippen LogP contribution in [-0.2, 0) is 11.2 Å². The number of hydrogen-bond acceptors (Lipinski definition) is 4. The Kier molecular flexibility index (Phi) is 6.83. The molecule has 0 atom stereocenters. The SMILES string of the molecule is COc1ccccc1CC(=O)NCCCNC(=O)c1cccc(O)c1. The van der Waals surface area contributed by atoms with E-state index in [0.717, 1.165) is 5.56 Å². The third-order valence-electron chi connectivity index (χ3n) is 3.61. The van der Waals surface area contributed by atoms with Gasteiger partial charge in [-0.25, -0.2) is 0 Å². The zero-order valence-corrected chi connectivity index (χ0v) is 14.1. The number of para-hydroxylation sites is 1. The molecule has 0 saturated carbocycles. The van der Waals surface area contributed by atoms with Gasteiger partial charge in [-0.2, -0.15) is 0 Å². The molecule has 0 fully saturated rings. The van der Waals surface area contributed by atoms with Crippen molar-refractivity contribution < 1.29 is 19.4 Å². The van der Waals surface area contributed by atoms with Gasteiger partial charge in [0.25, 0.3) is 5.91 Å². The van der Waals surface area contributed by atoms with Crippen molar-refractivity contribution in [1.29, 1.82) is 0 Å². The number of aromatic hydroxyl groups is 1. The third kappa shape index (κ3) is 5.84. The summed E-state index contributed by atoms with van der Waals surface area (Å²) in [5.41, 5.74) is 1.24. The van der Waals surface area contributed by atoms with E-state index >= 15 is 0 Å². The average molecular weight is 342 g/mol. The first kappa shape index (κ1) is 18.3. The van der Waals surface area contributed by atoms with Crippen LogP contribution < -0.4 is 15.4 Å². The van der Waals surface area contributed by atoms with Gasteiger partial charge in [0.15, 0.2) is 0 Å². The maximum Gasteiger partial charge on any atom is 0.251 e. The van der Waals surface area contributed by atoms with E-state index in [1.807, 2.05) is 24.3 Å². The molecule has 0 aliphatic rings. The van der Waals surface area contributed by atoms with Gasteiger partial charge in [-0.05, 0) is 30.7 Å². The van der Waals surface area contributed by atoms with Crippen LogP contribution in [0.5, 0.6) is 11.5 Å². The fourth-order valence-corrected chi connectivity index (χ4v) is 2.35. The minimum absolute atomic E-state index is 0.0521. The molecule has 2 aromatic rings. The molecule has 0 radical (unpaired) electrons. The smallest absolute Gasteiger partial charge is 0.251 e. The lowest BCUT2D eigenvalue weighted by molar-refractivity contribution is -0.120. The van der Waals surface area contributed by atoms with Crippen molar-refractivity contribution in [3.63, 3.8) is 0 Å². The molecule has 0 saturated heterocycles. The summed E-state index contributed by atoms with van der Waals surface area (Å²) >= 11 is 0. The van der Waals surface area contributed by atoms with Crippen molar-refractivity contribution in [2.24, 2.45) is 0 Å². The number of ether oxygens (including phenoxy) is 1. The van der Waals surface area contributed by atoms with E-state index in [2.05, 4.69) is 10.6 Å². The number of benzene rings is 2. The number of nitrogens with one attached hydrogen (secondary N) is 2. The molecule has 0 aliphatic carbocycles. The van der Waals surface area contributed by atoms with E-state index in [-0.39, 0.29) is 24.0 Å². The lowest BCUT2D eigenvalue weighted by Crippen LogP contribution is -2.30. The summed E-state index contributed by atoms with van der Waals surface area (Å²) in [6, 6.07) is 13.6. The zero-order valence-electron chi connectivity index (χ0n) is 14.1. The molecule has 2 amide bonds. The molecule has 0 unspecified atom stereocenters. The normalized spacial score (nSPS) is 10.1. The number of hydrogen-bond donors (Lipinski definition) is 3. The molecule has 0 bridgehead atoms. The molecule has 0 aliphatic heterocycles. The predicted molar refractivity (Wildman–Crippen MR) is 94.8 cm³/mol. The Morgan fingerprint density at radius 1 is 1.04 bits per heavy atom. The first-order valence-electron chi connectivity index (χ1n) is 8.06. The van der Waals surface area contributed by atoms with Gasteiger partial charge in [0, 0.05) is 24.2 Å². The largest absolute Gasteiger partial charge is 0.508 e. The second-order valence-corrected chi connectivity index (χ2v) is 5.50. The van der Waals surface area contributed by atoms with E-state index in [1.54, 1.807) is 19.2 Å². The number of phenols is 1. The van der Waals surface area contributed by atoms with Crippen LogP contribution in [0.3, 0.4) is 0 Å². The van der Waals surface area contributed by atoms with Crippen LogP contribution in [0.4, 0.5) is 0 Å². The highest BCUT2D eigenvalue weighted by Crippen LogP contribution is 2.17. The molecule has 132 valence electrons. The maximum absolute atomic E-state index is 12.0. The first-order chi connectivity index (χ1) is 12.1. The lowest BCUT2D eigenvalue weighted by Gasteiger charge is -2.09. The second kappa shape index (κ2) is 9.32. The van der Waals surface area contributed by atoms with Crippen LogP contribution in [-0.4, -0.2) is 37.1 Å². The molecule has 0 aromatic heterocycles. The van der Waals surface area contributed by atoms with Gasteiger partial charge in [-0.1, -0.05) is 24.3 Å². The second-order valence-electron chi connectivity index (χ2n) is 5.50. The summed E-state index contributed by atoms with van der Waals surface area (Å²) in [4.78, 5) is 23.8. The summed E-state index contributed by atoms with van der Waals surface area (Å²) in [6.45, 7) is 0.901. The number of carbonyl (C=O) groups is 2.